The minimum atomic E-state index is -0.542. The monoisotopic (exact) mass is 278 g/mol. The summed E-state index contributed by atoms with van der Waals surface area (Å²) in [6.07, 6.45) is 2.03. The van der Waals surface area contributed by atoms with Gasteiger partial charge in [-0.15, -0.1) is 0 Å². The van der Waals surface area contributed by atoms with Gasteiger partial charge in [-0.25, -0.2) is 0 Å². The van der Waals surface area contributed by atoms with E-state index in [9.17, 15) is 14.9 Å². The van der Waals surface area contributed by atoms with E-state index in [4.69, 9.17) is 5.73 Å². The molecule has 1 fully saturated rings. The van der Waals surface area contributed by atoms with Gasteiger partial charge in [0.2, 0.25) is 0 Å². The average molecular weight is 278 g/mol. The Balaban J connectivity index is 2.29. The maximum Gasteiger partial charge on any atom is 0.288 e. The van der Waals surface area contributed by atoms with E-state index in [0.29, 0.717) is 30.3 Å². The van der Waals surface area contributed by atoms with Crippen molar-refractivity contribution < 1.29 is 9.72 Å². The quantitative estimate of drug-likeness (QED) is 0.659. The van der Waals surface area contributed by atoms with Crippen LogP contribution in [0.15, 0.2) is 12.3 Å². The number of aryl methyl sites for hydroxylation is 1. The van der Waals surface area contributed by atoms with Crippen LogP contribution in [-0.4, -0.2) is 39.8 Å². The van der Waals surface area contributed by atoms with Gasteiger partial charge in [0.15, 0.2) is 0 Å². The lowest BCUT2D eigenvalue weighted by atomic mass is 10.1. The molecule has 1 aliphatic heterocycles. The van der Waals surface area contributed by atoms with E-state index < -0.39 is 4.92 Å². The first kappa shape index (κ1) is 14.4. The third-order valence-corrected chi connectivity index (χ3v) is 3.77. The van der Waals surface area contributed by atoms with E-state index >= 15 is 0 Å². The van der Waals surface area contributed by atoms with Gasteiger partial charge in [-0.2, -0.15) is 0 Å². The van der Waals surface area contributed by atoms with Crippen molar-refractivity contribution in [2.24, 2.45) is 11.7 Å². The summed E-state index contributed by atoms with van der Waals surface area (Å²) < 4.78 is 0. The highest BCUT2D eigenvalue weighted by molar-refractivity contribution is 5.96. The van der Waals surface area contributed by atoms with E-state index in [1.54, 1.807) is 11.8 Å². The summed E-state index contributed by atoms with van der Waals surface area (Å²) in [6.45, 7) is 4.78. The second-order valence-electron chi connectivity index (χ2n) is 5.23. The van der Waals surface area contributed by atoms with Gasteiger partial charge in [0.25, 0.3) is 11.6 Å². The molecule has 0 saturated carbocycles. The molecule has 1 aromatic rings. The SMILES string of the molecule is Cc1ncc([N+](=O)[O-])cc1C(=O)N1CC(CN)CC1C. The van der Waals surface area contributed by atoms with Gasteiger partial charge in [-0.1, -0.05) is 0 Å². The molecule has 7 nitrogen and oxygen atoms in total. The second-order valence-corrected chi connectivity index (χ2v) is 5.23. The number of nitrogens with two attached hydrogens (primary N) is 1. The maximum atomic E-state index is 12.5. The molecule has 108 valence electrons. The van der Waals surface area contributed by atoms with Crippen molar-refractivity contribution in [1.82, 2.24) is 9.88 Å². The number of hydrogen-bond acceptors (Lipinski definition) is 5. The first-order valence-corrected chi connectivity index (χ1v) is 6.56. The molecule has 1 aliphatic rings. The van der Waals surface area contributed by atoms with Gasteiger partial charge in [-0.05, 0) is 32.7 Å². The van der Waals surface area contributed by atoms with Crippen molar-refractivity contribution in [1.29, 1.82) is 0 Å². The van der Waals surface area contributed by atoms with E-state index in [1.165, 1.54) is 12.3 Å². The summed E-state index contributed by atoms with van der Waals surface area (Å²) in [4.78, 5) is 28.5. The van der Waals surface area contributed by atoms with Crippen LogP contribution < -0.4 is 5.73 Å². The summed E-state index contributed by atoms with van der Waals surface area (Å²) in [5.41, 5.74) is 6.28. The largest absolute Gasteiger partial charge is 0.336 e. The molecule has 0 aromatic carbocycles. The van der Waals surface area contributed by atoms with Gasteiger partial charge in [0.05, 0.1) is 16.2 Å². The van der Waals surface area contributed by atoms with Crippen molar-refractivity contribution in [3.05, 3.63) is 33.6 Å². The summed E-state index contributed by atoms with van der Waals surface area (Å²) in [6, 6.07) is 1.39. The first-order chi connectivity index (χ1) is 9.43. The molecule has 2 heterocycles. The lowest BCUT2D eigenvalue weighted by Gasteiger charge is -2.22. The van der Waals surface area contributed by atoms with Gasteiger partial charge in [0, 0.05) is 18.7 Å². The van der Waals surface area contributed by atoms with Crippen LogP contribution in [0.25, 0.3) is 0 Å². The first-order valence-electron chi connectivity index (χ1n) is 6.56. The molecule has 20 heavy (non-hydrogen) atoms. The summed E-state index contributed by atoms with van der Waals surface area (Å²) >= 11 is 0. The van der Waals surface area contributed by atoms with Crippen molar-refractivity contribution in [2.75, 3.05) is 13.1 Å². The number of carbonyl (C=O) groups is 1. The number of aromatic nitrogens is 1. The van der Waals surface area contributed by atoms with Crippen LogP contribution >= 0.6 is 0 Å². The van der Waals surface area contributed by atoms with Crippen LogP contribution in [0.1, 0.15) is 29.4 Å². The molecule has 0 radical (unpaired) electrons. The van der Waals surface area contributed by atoms with Gasteiger partial charge in [0.1, 0.15) is 6.20 Å². The van der Waals surface area contributed by atoms with Crippen LogP contribution in [0, 0.1) is 23.0 Å². The molecule has 1 amide bonds. The number of nitro groups is 1. The minimum absolute atomic E-state index is 0.0923. The molecule has 2 unspecified atom stereocenters. The Morgan fingerprint density at radius 1 is 1.65 bits per heavy atom. The number of rotatable bonds is 3. The van der Waals surface area contributed by atoms with Crippen molar-refractivity contribution >= 4 is 11.6 Å². The zero-order valence-electron chi connectivity index (χ0n) is 11.6. The molecular weight excluding hydrogens is 260 g/mol. The molecule has 2 N–H and O–H groups in total. The summed E-state index contributed by atoms with van der Waals surface area (Å²) in [7, 11) is 0. The fourth-order valence-corrected chi connectivity index (χ4v) is 2.59. The number of amides is 1. The molecule has 2 rings (SSSR count). The summed E-state index contributed by atoms with van der Waals surface area (Å²) in [5.74, 6) is 0.0862. The number of likely N-dealkylation sites (tertiary alicyclic amines) is 1. The van der Waals surface area contributed by atoms with Crippen molar-refractivity contribution in [2.45, 2.75) is 26.3 Å². The van der Waals surface area contributed by atoms with E-state index in [-0.39, 0.29) is 17.6 Å². The molecular formula is C13H18N4O3. The van der Waals surface area contributed by atoms with Gasteiger partial charge >= 0.3 is 0 Å². The fraction of sp³-hybridized carbons (Fsp3) is 0.538. The number of hydrogen-bond donors (Lipinski definition) is 1. The lowest BCUT2D eigenvalue weighted by Crippen LogP contribution is -2.35. The zero-order valence-corrected chi connectivity index (χ0v) is 11.6. The lowest BCUT2D eigenvalue weighted by molar-refractivity contribution is -0.385. The Bertz CT molecular complexity index is 546. The average Bonchev–Trinajstić information content (AvgIpc) is 2.79. The molecule has 1 aromatic heterocycles. The van der Waals surface area contributed by atoms with Crippen molar-refractivity contribution in [3.63, 3.8) is 0 Å². The van der Waals surface area contributed by atoms with E-state index in [2.05, 4.69) is 4.98 Å². The third-order valence-electron chi connectivity index (χ3n) is 3.77. The maximum absolute atomic E-state index is 12.5. The molecule has 0 bridgehead atoms. The minimum Gasteiger partial charge on any atom is -0.336 e. The molecule has 0 spiro atoms. The molecule has 2 atom stereocenters. The smallest absolute Gasteiger partial charge is 0.288 e. The van der Waals surface area contributed by atoms with Crippen LogP contribution in [0.3, 0.4) is 0 Å². The number of pyridine rings is 1. The normalized spacial score (nSPS) is 22.1. The highest BCUT2D eigenvalue weighted by Crippen LogP contribution is 2.25. The number of carbonyl (C=O) groups excluding carboxylic acids is 1. The molecule has 1 saturated heterocycles. The Kier molecular flexibility index (Phi) is 3.99. The fourth-order valence-electron chi connectivity index (χ4n) is 2.59. The Morgan fingerprint density at radius 3 is 2.90 bits per heavy atom. The highest BCUT2D eigenvalue weighted by Gasteiger charge is 2.33. The van der Waals surface area contributed by atoms with Crippen molar-refractivity contribution in [3.8, 4) is 0 Å². The standard InChI is InChI=1S/C13H18N4O3/c1-8-3-10(5-14)7-16(8)13(18)12-4-11(17(19)20)6-15-9(12)2/h4,6,8,10H,3,5,7,14H2,1-2H3. The zero-order chi connectivity index (χ0) is 14.9. The van der Waals surface area contributed by atoms with Gasteiger partial charge in [-0.3, -0.25) is 19.9 Å². The number of nitrogens with zero attached hydrogens (tertiary/aromatic N) is 3. The van der Waals surface area contributed by atoms with Crippen LogP contribution in [0.4, 0.5) is 5.69 Å². The highest BCUT2D eigenvalue weighted by atomic mass is 16.6. The van der Waals surface area contributed by atoms with Gasteiger partial charge < -0.3 is 10.6 Å². The molecule has 0 aliphatic carbocycles. The van der Waals surface area contributed by atoms with E-state index in [1.807, 2.05) is 6.92 Å². The predicted octanol–water partition coefficient (Wildman–Crippen LogP) is 1.11. The Labute approximate surface area is 116 Å². The summed E-state index contributed by atoms with van der Waals surface area (Å²) in [5, 5.41) is 10.8. The van der Waals surface area contributed by atoms with Crippen LogP contribution in [0.2, 0.25) is 0 Å². The topological polar surface area (TPSA) is 102 Å². The Hall–Kier alpha value is -2.02. The third kappa shape index (κ3) is 2.62. The van der Waals surface area contributed by atoms with E-state index in [0.717, 1.165) is 6.42 Å². The molecule has 7 heteroatoms. The predicted molar refractivity (Wildman–Crippen MR) is 73.3 cm³/mol. The second kappa shape index (κ2) is 5.54. The Morgan fingerprint density at radius 2 is 2.35 bits per heavy atom. The van der Waals surface area contributed by atoms with Crippen LogP contribution in [0.5, 0.6) is 0 Å². The van der Waals surface area contributed by atoms with Crippen LogP contribution in [-0.2, 0) is 0 Å².